The topological polar surface area (TPSA) is 88.2 Å². The molecule has 0 unspecified atom stereocenters. The summed E-state index contributed by atoms with van der Waals surface area (Å²) >= 11 is 0. The number of hydrogen-bond acceptors (Lipinski definition) is 6. The van der Waals surface area contributed by atoms with E-state index in [0.717, 1.165) is 42.7 Å². The normalized spacial score (nSPS) is 17.4. The Labute approximate surface area is 201 Å². The monoisotopic (exact) mass is 487 g/mol. The minimum atomic E-state index is -3.68. The number of morpholine rings is 1. The molecule has 8 nitrogen and oxygen atoms in total. The van der Waals surface area contributed by atoms with Gasteiger partial charge in [0.05, 0.1) is 29.5 Å². The van der Waals surface area contributed by atoms with Crippen LogP contribution in [0.5, 0.6) is 5.75 Å². The number of benzene rings is 2. The van der Waals surface area contributed by atoms with Crippen LogP contribution in [0.25, 0.3) is 0 Å². The van der Waals surface area contributed by atoms with Crippen molar-refractivity contribution in [1.82, 2.24) is 4.31 Å². The number of rotatable bonds is 7. The maximum Gasteiger partial charge on any atom is 0.262 e. The molecule has 0 bridgehead atoms. The van der Waals surface area contributed by atoms with Crippen LogP contribution in [-0.2, 0) is 19.6 Å². The van der Waals surface area contributed by atoms with Crippen molar-refractivity contribution in [2.45, 2.75) is 38.0 Å². The first-order valence-electron chi connectivity index (χ1n) is 11.8. The number of carbonyl (C=O) groups is 1. The first-order valence-corrected chi connectivity index (χ1v) is 13.3. The lowest BCUT2D eigenvalue weighted by Crippen LogP contribution is -2.40. The van der Waals surface area contributed by atoms with Gasteiger partial charge in [0.15, 0.2) is 6.61 Å². The predicted molar refractivity (Wildman–Crippen MR) is 132 cm³/mol. The van der Waals surface area contributed by atoms with Gasteiger partial charge < -0.3 is 19.7 Å². The molecular weight excluding hydrogens is 454 g/mol. The number of nitrogens with one attached hydrogen (secondary N) is 1. The number of sulfonamides is 1. The average Bonchev–Trinajstić information content (AvgIpc) is 2.85. The maximum absolute atomic E-state index is 13.2. The number of anilines is 2. The van der Waals surface area contributed by atoms with Crippen molar-refractivity contribution < 1.29 is 22.7 Å². The van der Waals surface area contributed by atoms with E-state index in [1.807, 2.05) is 32.0 Å². The average molecular weight is 488 g/mol. The van der Waals surface area contributed by atoms with E-state index in [2.05, 4.69) is 10.2 Å². The molecule has 0 aromatic heterocycles. The summed E-state index contributed by atoms with van der Waals surface area (Å²) in [6.45, 7) is 6.86. The van der Waals surface area contributed by atoms with E-state index < -0.39 is 10.0 Å². The molecule has 2 heterocycles. The number of amides is 1. The Kier molecular flexibility index (Phi) is 7.75. The highest BCUT2D eigenvalue weighted by Crippen LogP contribution is 2.32. The zero-order valence-corrected chi connectivity index (χ0v) is 20.7. The van der Waals surface area contributed by atoms with Crippen LogP contribution in [0.2, 0.25) is 0 Å². The summed E-state index contributed by atoms with van der Waals surface area (Å²) in [6, 6.07) is 10.8. The minimum absolute atomic E-state index is 0.161. The van der Waals surface area contributed by atoms with Crippen LogP contribution in [0.3, 0.4) is 0 Å². The second kappa shape index (κ2) is 10.8. The molecule has 2 aromatic rings. The molecule has 2 fully saturated rings. The highest BCUT2D eigenvalue weighted by Gasteiger charge is 2.28. The summed E-state index contributed by atoms with van der Waals surface area (Å²) in [7, 11) is -3.68. The molecule has 2 saturated heterocycles. The molecule has 0 radical (unpaired) electrons. The van der Waals surface area contributed by atoms with Crippen LogP contribution in [0.4, 0.5) is 11.4 Å². The van der Waals surface area contributed by atoms with Crippen LogP contribution in [0, 0.1) is 13.8 Å². The van der Waals surface area contributed by atoms with Gasteiger partial charge in [0.2, 0.25) is 10.0 Å². The Morgan fingerprint density at radius 1 is 1.00 bits per heavy atom. The van der Waals surface area contributed by atoms with Gasteiger partial charge in [0.1, 0.15) is 5.75 Å². The van der Waals surface area contributed by atoms with Gasteiger partial charge in [-0.1, -0.05) is 18.2 Å². The Morgan fingerprint density at radius 3 is 2.35 bits per heavy atom. The molecule has 0 saturated carbocycles. The lowest BCUT2D eigenvalue weighted by atomic mass is 10.1. The molecule has 184 valence electrons. The minimum Gasteiger partial charge on any atom is -0.483 e. The van der Waals surface area contributed by atoms with E-state index in [-0.39, 0.29) is 17.4 Å². The molecule has 4 rings (SSSR count). The van der Waals surface area contributed by atoms with Crippen molar-refractivity contribution in [2.24, 2.45) is 0 Å². The van der Waals surface area contributed by atoms with Crippen molar-refractivity contribution in [3.05, 3.63) is 47.5 Å². The summed E-state index contributed by atoms with van der Waals surface area (Å²) in [4.78, 5) is 15.2. The van der Waals surface area contributed by atoms with E-state index in [1.54, 1.807) is 18.2 Å². The Bertz CT molecular complexity index is 1100. The summed E-state index contributed by atoms with van der Waals surface area (Å²) in [5.74, 6) is 0.361. The predicted octanol–water partition coefficient (Wildman–Crippen LogP) is 3.33. The van der Waals surface area contributed by atoms with E-state index >= 15 is 0 Å². The number of carbonyl (C=O) groups excluding carboxylic acids is 1. The Balaban J connectivity index is 1.57. The lowest BCUT2D eigenvalue weighted by molar-refractivity contribution is -0.118. The van der Waals surface area contributed by atoms with Crippen LogP contribution in [0.15, 0.2) is 41.3 Å². The fraction of sp³-hybridized carbons (Fsp3) is 0.480. The number of nitrogens with zero attached hydrogens (tertiary/aromatic N) is 2. The van der Waals surface area contributed by atoms with E-state index in [4.69, 9.17) is 9.47 Å². The van der Waals surface area contributed by atoms with Crippen LogP contribution in [-0.4, -0.2) is 64.6 Å². The van der Waals surface area contributed by atoms with Gasteiger partial charge in [-0.15, -0.1) is 0 Å². The number of ether oxygens (including phenoxy) is 2. The van der Waals surface area contributed by atoms with Crippen molar-refractivity contribution in [1.29, 1.82) is 0 Å². The Morgan fingerprint density at radius 2 is 1.68 bits per heavy atom. The molecule has 1 amide bonds. The first kappa shape index (κ1) is 24.5. The van der Waals surface area contributed by atoms with Crippen LogP contribution >= 0.6 is 0 Å². The van der Waals surface area contributed by atoms with Gasteiger partial charge >= 0.3 is 0 Å². The molecule has 2 aromatic carbocycles. The summed E-state index contributed by atoms with van der Waals surface area (Å²) in [5, 5.41) is 2.92. The van der Waals surface area contributed by atoms with Crippen LogP contribution in [0.1, 0.15) is 30.4 Å². The molecule has 0 spiro atoms. The summed E-state index contributed by atoms with van der Waals surface area (Å²) in [6.07, 6.45) is 3.30. The van der Waals surface area contributed by atoms with Gasteiger partial charge in [-0.25, -0.2) is 8.42 Å². The molecule has 2 aliphatic rings. The molecule has 0 aliphatic carbocycles. The third-order valence-corrected chi connectivity index (χ3v) is 8.20. The lowest BCUT2D eigenvalue weighted by Gasteiger charge is -2.31. The van der Waals surface area contributed by atoms with E-state index in [0.29, 0.717) is 37.7 Å². The maximum atomic E-state index is 13.2. The number of piperidine rings is 1. The largest absolute Gasteiger partial charge is 0.483 e. The highest BCUT2D eigenvalue weighted by molar-refractivity contribution is 7.89. The molecular formula is C25H33N3O5S. The SMILES string of the molecule is Cc1cccc(C)c1OCC(=O)Nc1cc(S(=O)(=O)N2CCOCC2)ccc1N1CCCCC1. The fourth-order valence-electron chi connectivity index (χ4n) is 4.47. The number of aryl methyl sites for hydroxylation is 2. The van der Waals surface area contributed by atoms with Gasteiger partial charge in [-0.3, -0.25) is 4.79 Å². The van der Waals surface area contributed by atoms with Gasteiger partial charge in [-0.05, 0) is 62.4 Å². The van der Waals surface area contributed by atoms with Gasteiger partial charge in [0.25, 0.3) is 5.91 Å². The van der Waals surface area contributed by atoms with Crippen molar-refractivity contribution >= 4 is 27.3 Å². The summed E-state index contributed by atoms with van der Waals surface area (Å²) < 4.78 is 39.0. The standard InChI is InChI=1S/C25H33N3O5S/c1-19-7-6-8-20(2)25(19)33-18-24(29)26-22-17-21(34(30,31)28-13-15-32-16-14-28)9-10-23(22)27-11-4-3-5-12-27/h6-10,17H,3-5,11-16,18H2,1-2H3,(H,26,29). The quantitative estimate of drug-likeness (QED) is 0.645. The highest BCUT2D eigenvalue weighted by atomic mass is 32.2. The van der Waals surface area contributed by atoms with E-state index in [9.17, 15) is 13.2 Å². The van der Waals surface area contributed by atoms with Crippen molar-refractivity contribution in [2.75, 3.05) is 56.2 Å². The second-order valence-electron chi connectivity index (χ2n) is 8.80. The third-order valence-electron chi connectivity index (χ3n) is 6.30. The molecule has 0 atom stereocenters. The van der Waals surface area contributed by atoms with Gasteiger partial charge in [-0.2, -0.15) is 4.31 Å². The molecule has 34 heavy (non-hydrogen) atoms. The van der Waals surface area contributed by atoms with Gasteiger partial charge in [0, 0.05) is 26.2 Å². The fourth-order valence-corrected chi connectivity index (χ4v) is 5.91. The zero-order chi connectivity index (χ0) is 24.1. The second-order valence-corrected chi connectivity index (χ2v) is 10.7. The van der Waals surface area contributed by atoms with Crippen molar-refractivity contribution in [3.8, 4) is 5.75 Å². The van der Waals surface area contributed by atoms with Crippen molar-refractivity contribution in [3.63, 3.8) is 0 Å². The van der Waals surface area contributed by atoms with Crippen LogP contribution < -0.4 is 15.0 Å². The molecule has 2 aliphatic heterocycles. The smallest absolute Gasteiger partial charge is 0.262 e. The third kappa shape index (κ3) is 5.54. The Hall–Kier alpha value is -2.62. The molecule has 1 N–H and O–H groups in total. The first-order chi connectivity index (χ1) is 16.4. The number of para-hydroxylation sites is 1. The van der Waals surface area contributed by atoms with E-state index in [1.165, 1.54) is 10.7 Å². The summed E-state index contributed by atoms with van der Waals surface area (Å²) in [5.41, 5.74) is 3.24. The number of hydrogen-bond donors (Lipinski definition) is 1. The zero-order valence-electron chi connectivity index (χ0n) is 19.9. The molecule has 9 heteroatoms.